The highest BCUT2D eigenvalue weighted by Crippen LogP contribution is 2.75. The summed E-state index contributed by atoms with van der Waals surface area (Å²) in [5.74, 6) is -0.784. The monoisotopic (exact) mass is 574 g/mol. The van der Waals surface area contributed by atoms with Gasteiger partial charge in [-0.2, -0.15) is 0 Å². The number of aliphatic hydroxyl groups is 2. The average molecular weight is 575 g/mol. The number of carbonyl (C=O) groups is 4. The fraction of sp³-hybridized carbons (Fsp3) is 0.879. The van der Waals surface area contributed by atoms with Crippen molar-refractivity contribution in [3.63, 3.8) is 0 Å². The smallest absolute Gasteiger partial charge is 0.302 e. The van der Waals surface area contributed by atoms with Crippen molar-refractivity contribution in [3.8, 4) is 0 Å². The molecule has 5 fully saturated rings. The van der Waals surface area contributed by atoms with Gasteiger partial charge in [0.2, 0.25) is 0 Å². The number of Topliss-reactive ketones (excluding diaryl/α,β-unsaturated/α-hetero) is 2. The Balaban J connectivity index is 1.53. The van der Waals surface area contributed by atoms with E-state index < -0.39 is 39.9 Å². The van der Waals surface area contributed by atoms with Gasteiger partial charge in [0.1, 0.15) is 24.8 Å². The lowest BCUT2D eigenvalue weighted by Gasteiger charge is -2.72. The molecule has 2 N–H and O–H groups in total. The number of fused-ring (bicyclic) bond motifs is 7. The van der Waals surface area contributed by atoms with Crippen LogP contribution in [-0.4, -0.2) is 58.6 Å². The summed E-state index contributed by atoms with van der Waals surface area (Å²) in [5, 5.41) is 23.8. The van der Waals surface area contributed by atoms with Crippen molar-refractivity contribution in [1.29, 1.82) is 0 Å². The lowest BCUT2D eigenvalue weighted by molar-refractivity contribution is -0.268. The van der Waals surface area contributed by atoms with Crippen LogP contribution in [0.15, 0.2) is 0 Å². The van der Waals surface area contributed by atoms with E-state index >= 15 is 0 Å². The largest absolute Gasteiger partial charge is 0.465 e. The van der Waals surface area contributed by atoms with Gasteiger partial charge in [0, 0.05) is 38.0 Å². The minimum atomic E-state index is -1.24. The number of hydrogen-bond donors (Lipinski definition) is 2. The van der Waals surface area contributed by atoms with E-state index in [0.717, 1.165) is 25.7 Å². The molecule has 4 unspecified atom stereocenters. The molecule has 5 saturated carbocycles. The molecule has 230 valence electrons. The predicted octanol–water partition coefficient (Wildman–Crippen LogP) is 4.27. The molecule has 0 aromatic heterocycles. The molecule has 5 aliphatic rings. The Morgan fingerprint density at radius 2 is 1.63 bits per heavy atom. The molecule has 0 heterocycles. The second-order valence-electron chi connectivity index (χ2n) is 15.5. The molecule has 0 aromatic carbocycles. The second-order valence-corrected chi connectivity index (χ2v) is 15.5. The number of aliphatic hydroxyl groups excluding tert-OH is 1. The minimum absolute atomic E-state index is 0.0266. The highest BCUT2D eigenvalue weighted by molar-refractivity contribution is 5.86. The zero-order valence-corrected chi connectivity index (χ0v) is 26.0. The van der Waals surface area contributed by atoms with Crippen molar-refractivity contribution < 1.29 is 38.9 Å². The maximum atomic E-state index is 13.9. The number of rotatable bonds is 5. The highest BCUT2D eigenvalue weighted by Gasteiger charge is 2.73. The molecule has 8 heteroatoms. The molecule has 0 radical (unpaired) electrons. The molecule has 41 heavy (non-hydrogen) atoms. The third-order valence-electron chi connectivity index (χ3n) is 13.7. The van der Waals surface area contributed by atoms with Crippen molar-refractivity contribution in [2.24, 2.45) is 57.2 Å². The first kappa shape index (κ1) is 30.7. The molecule has 0 amide bonds. The SMILES string of the molecule is CC(=O)OC[C@](C)(O)C1CC[C@H]2C(=O)C[C@]3(C)C(CC[C@H]4[C@@]3(C)[C@@H](O)CC3[C@]4(C)CCC(=O)[C@@]3(C)COC(C)=O)C12. The van der Waals surface area contributed by atoms with Gasteiger partial charge in [-0.1, -0.05) is 20.8 Å². The van der Waals surface area contributed by atoms with Gasteiger partial charge in [0.25, 0.3) is 0 Å². The first-order valence-electron chi connectivity index (χ1n) is 15.7. The summed E-state index contributed by atoms with van der Waals surface area (Å²) in [5.41, 5.74) is -3.43. The fourth-order valence-electron chi connectivity index (χ4n) is 11.5. The Morgan fingerprint density at radius 1 is 0.976 bits per heavy atom. The van der Waals surface area contributed by atoms with Gasteiger partial charge in [-0.15, -0.1) is 0 Å². The van der Waals surface area contributed by atoms with E-state index in [-0.39, 0.29) is 65.7 Å². The molecule has 0 bridgehead atoms. The van der Waals surface area contributed by atoms with Crippen molar-refractivity contribution in [3.05, 3.63) is 0 Å². The Bertz CT molecular complexity index is 1130. The Morgan fingerprint density at radius 3 is 2.27 bits per heavy atom. The summed E-state index contributed by atoms with van der Waals surface area (Å²) in [7, 11) is 0. The van der Waals surface area contributed by atoms with E-state index in [1.54, 1.807) is 6.92 Å². The first-order chi connectivity index (χ1) is 18.9. The van der Waals surface area contributed by atoms with Crippen molar-refractivity contribution >= 4 is 23.5 Å². The van der Waals surface area contributed by atoms with Gasteiger partial charge in [-0.05, 0) is 92.8 Å². The van der Waals surface area contributed by atoms with Crippen LogP contribution in [-0.2, 0) is 28.7 Å². The van der Waals surface area contributed by atoms with E-state index in [4.69, 9.17) is 9.47 Å². The normalized spacial score (nSPS) is 48.7. The number of ketones is 2. The van der Waals surface area contributed by atoms with Gasteiger partial charge in [0.05, 0.1) is 17.1 Å². The molecule has 8 nitrogen and oxygen atoms in total. The molecule has 12 atom stereocenters. The maximum Gasteiger partial charge on any atom is 0.302 e. The molecule has 0 aliphatic heterocycles. The van der Waals surface area contributed by atoms with E-state index in [1.807, 2.05) is 6.92 Å². The Kier molecular flexibility index (Phi) is 7.38. The molecule has 5 aliphatic carbocycles. The highest BCUT2D eigenvalue weighted by atomic mass is 16.5. The number of ether oxygens (including phenoxy) is 2. The van der Waals surface area contributed by atoms with Crippen LogP contribution in [0.4, 0.5) is 0 Å². The molecule has 0 saturated heterocycles. The summed E-state index contributed by atoms with van der Waals surface area (Å²) in [6.45, 7) is 12.9. The lowest BCUT2D eigenvalue weighted by atomic mass is 9.32. The first-order valence-corrected chi connectivity index (χ1v) is 15.7. The third kappa shape index (κ3) is 4.28. The topological polar surface area (TPSA) is 127 Å². The van der Waals surface area contributed by atoms with Crippen LogP contribution >= 0.6 is 0 Å². The Labute approximate surface area is 244 Å². The van der Waals surface area contributed by atoms with E-state index in [9.17, 15) is 29.4 Å². The van der Waals surface area contributed by atoms with Crippen LogP contribution in [0.25, 0.3) is 0 Å². The molecule has 5 rings (SSSR count). The molecular weight excluding hydrogens is 524 g/mol. The minimum Gasteiger partial charge on any atom is -0.465 e. The maximum absolute atomic E-state index is 13.9. The average Bonchev–Trinajstić information content (AvgIpc) is 3.34. The van der Waals surface area contributed by atoms with E-state index in [2.05, 4.69) is 20.8 Å². The Hall–Kier alpha value is -1.80. The van der Waals surface area contributed by atoms with Gasteiger partial charge in [-0.25, -0.2) is 0 Å². The summed E-state index contributed by atoms with van der Waals surface area (Å²) in [6, 6.07) is 0. The van der Waals surface area contributed by atoms with Crippen LogP contribution in [0.1, 0.15) is 99.8 Å². The number of carbonyl (C=O) groups excluding carboxylic acids is 4. The summed E-state index contributed by atoms with van der Waals surface area (Å²) >= 11 is 0. The number of hydrogen-bond acceptors (Lipinski definition) is 8. The fourth-order valence-corrected chi connectivity index (χ4v) is 11.5. The van der Waals surface area contributed by atoms with Crippen LogP contribution < -0.4 is 0 Å². The van der Waals surface area contributed by atoms with Crippen LogP contribution in [0, 0.1) is 57.2 Å². The van der Waals surface area contributed by atoms with Crippen molar-refractivity contribution in [1.82, 2.24) is 0 Å². The third-order valence-corrected chi connectivity index (χ3v) is 13.7. The lowest BCUT2D eigenvalue weighted by Crippen LogP contribution is -2.71. The quantitative estimate of drug-likeness (QED) is 0.466. The predicted molar refractivity (Wildman–Crippen MR) is 150 cm³/mol. The standard InChI is InChI=1S/C33H50O8/c1-18(34)40-16-30(4)25-14-27(38)33(7)24(29(25,3)13-12-26(30)37)11-10-21-28-20(23(36)15-31(21,33)5)8-9-22(28)32(6,39)17-41-19(2)35/h20-22,24-25,27-28,38-39H,8-17H2,1-7H3/t20-,21?,22?,24+,25?,27-,28?,29+,30-,31+,32-,33-/m0/s1. The van der Waals surface area contributed by atoms with E-state index in [1.165, 1.54) is 13.8 Å². The van der Waals surface area contributed by atoms with Crippen LogP contribution in [0.3, 0.4) is 0 Å². The second kappa shape index (κ2) is 9.87. The van der Waals surface area contributed by atoms with Crippen LogP contribution in [0.5, 0.6) is 0 Å². The van der Waals surface area contributed by atoms with Crippen molar-refractivity contribution in [2.75, 3.05) is 13.2 Å². The summed E-state index contributed by atoms with van der Waals surface area (Å²) < 4.78 is 10.7. The van der Waals surface area contributed by atoms with Gasteiger partial charge >= 0.3 is 11.9 Å². The zero-order valence-electron chi connectivity index (χ0n) is 26.0. The summed E-state index contributed by atoms with van der Waals surface area (Å²) in [4.78, 5) is 50.6. The van der Waals surface area contributed by atoms with E-state index in [0.29, 0.717) is 25.7 Å². The van der Waals surface area contributed by atoms with Crippen molar-refractivity contribution in [2.45, 2.75) is 112 Å². The zero-order chi connectivity index (χ0) is 30.3. The summed E-state index contributed by atoms with van der Waals surface area (Å²) in [6.07, 6.45) is 4.43. The molecule has 0 spiro atoms. The molecule has 0 aromatic rings. The van der Waals surface area contributed by atoms with Crippen LogP contribution in [0.2, 0.25) is 0 Å². The molecular formula is C33H50O8. The number of esters is 2. The van der Waals surface area contributed by atoms with Gasteiger partial charge < -0.3 is 19.7 Å². The van der Waals surface area contributed by atoms with Gasteiger partial charge in [-0.3, -0.25) is 19.2 Å². The van der Waals surface area contributed by atoms with Gasteiger partial charge in [0.15, 0.2) is 0 Å².